The van der Waals surface area contributed by atoms with Gasteiger partial charge in [-0.15, -0.1) is 0 Å². The molecule has 2 aromatic rings. The summed E-state index contributed by atoms with van der Waals surface area (Å²) in [6.07, 6.45) is 2.32. The van der Waals surface area contributed by atoms with Crippen LogP contribution in [-0.2, 0) is 4.79 Å². The first-order valence-corrected chi connectivity index (χ1v) is 6.95. The number of aryl methyl sites for hydroxylation is 1. The second-order valence-corrected chi connectivity index (χ2v) is 5.18. The van der Waals surface area contributed by atoms with Crippen LogP contribution in [0.3, 0.4) is 0 Å². The Hall–Kier alpha value is -1.88. The summed E-state index contributed by atoms with van der Waals surface area (Å²) in [5.74, 6) is 1.12. The highest BCUT2D eigenvalue weighted by molar-refractivity contribution is 5.92. The molecule has 108 valence electrons. The van der Waals surface area contributed by atoms with Gasteiger partial charge in [0.05, 0.1) is 0 Å². The molecule has 0 fully saturated rings. The van der Waals surface area contributed by atoms with Crippen molar-refractivity contribution in [2.24, 2.45) is 11.7 Å². The van der Waals surface area contributed by atoms with Crippen molar-refractivity contribution in [1.82, 2.24) is 4.98 Å². The van der Waals surface area contributed by atoms with E-state index in [2.05, 4.69) is 17.2 Å². The molecule has 2 rings (SSSR count). The maximum atomic E-state index is 11.9. The molecule has 0 aliphatic rings. The maximum Gasteiger partial charge on any atom is 0.224 e. The van der Waals surface area contributed by atoms with Crippen molar-refractivity contribution < 1.29 is 9.21 Å². The van der Waals surface area contributed by atoms with Crippen LogP contribution in [0.25, 0.3) is 11.1 Å². The summed E-state index contributed by atoms with van der Waals surface area (Å²) in [7, 11) is 0. The van der Waals surface area contributed by atoms with E-state index in [4.69, 9.17) is 10.2 Å². The van der Waals surface area contributed by atoms with Crippen LogP contribution in [0.15, 0.2) is 22.6 Å². The first kappa shape index (κ1) is 14.5. The number of amides is 1. The smallest absolute Gasteiger partial charge is 0.224 e. The number of nitrogens with zero attached hydrogens (tertiary/aromatic N) is 1. The lowest BCUT2D eigenvalue weighted by molar-refractivity contribution is -0.116. The number of aromatic nitrogens is 1. The number of benzene rings is 1. The van der Waals surface area contributed by atoms with Gasteiger partial charge in [-0.05, 0) is 43.5 Å². The van der Waals surface area contributed by atoms with Gasteiger partial charge in [0.15, 0.2) is 11.5 Å². The molecule has 1 atom stereocenters. The van der Waals surface area contributed by atoms with Gasteiger partial charge in [-0.1, -0.05) is 6.92 Å². The number of hydrogen-bond acceptors (Lipinski definition) is 4. The number of hydrogen-bond donors (Lipinski definition) is 2. The Labute approximate surface area is 118 Å². The lowest BCUT2D eigenvalue weighted by Gasteiger charge is -2.09. The number of nitrogens with one attached hydrogen (secondary N) is 1. The molecule has 5 nitrogen and oxygen atoms in total. The Morgan fingerprint density at radius 2 is 2.25 bits per heavy atom. The molecule has 3 N–H and O–H groups in total. The summed E-state index contributed by atoms with van der Waals surface area (Å²) in [6.45, 7) is 4.59. The fourth-order valence-electron chi connectivity index (χ4n) is 2.15. The highest BCUT2D eigenvalue weighted by atomic mass is 16.3. The van der Waals surface area contributed by atoms with E-state index in [-0.39, 0.29) is 5.91 Å². The van der Waals surface area contributed by atoms with Crippen molar-refractivity contribution in [3.05, 3.63) is 24.1 Å². The van der Waals surface area contributed by atoms with Gasteiger partial charge >= 0.3 is 0 Å². The number of nitrogens with two attached hydrogens (primary N) is 1. The molecule has 0 radical (unpaired) electrons. The molecule has 0 aliphatic carbocycles. The predicted octanol–water partition coefficient (Wildman–Crippen LogP) is 2.84. The monoisotopic (exact) mass is 275 g/mol. The van der Waals surface area contributed by atoms with Gasteiger partial charge < -0.3 is 15.5 Å². The van der Waals surface area contributed by atoms with Crippen molar-refractivity contribution in [3.63, 3.8) is 0 Å². The number of carbonyl (C=O) groups excluding carboxylic acids is 1. The lowest BCUT2D eigenvalue weighted by Crippen LogP contribution is -2.14. The summed E-state index contributed by atoms with van der Waals surface area (Å²) in [6, 6.07) is 5.48. The predicted molar refractivity (Wildman–Crippen MR) is 79.4 cm³/mol. The molecule has 0 bridgehead atoms. The largest absolute Gasteiger partial charge is 0.441 e. The number of fused-ring (bicyclic) bond motifs is 1. The van der Waals surface area contributed by atoms with Crippen LogP contribution in [0.5, 0.6) is 0 Å². The first-order chi connectivity index (χ1) is 9.58. The summed E-state index contributed by atoms with van der Waals surface area (Å²) < 4.78 is 5.40. The van der Waals surface area contributed by atoms with Crippen LogP contribution >= 0.6 is 0 Å². The van der Waals surface area contributed by atoms with Crippen LogP contribution in [0.1, 0.15) is 32.1 Å². The molecule has 0 saturated carbocycles. The zero-order valence-electron chi connectivity index (χ0n) is 12.0. The third-order valence-electron chi connectivity index (χ3n) is 3.30. The van der Waals surface area contributed by atoms with E-state index in [9.17, 15) is 4.79 Å². The van der Waals surface area contributed by atoms with Crippen LogP contribution in [0.4, 0.5) is 5.69 Å². The molecule has 0 spiro atoms. The van der Waals surface area contributed by atoms with Gasteiger partial charge in [0, 0.05) is 19.0 Å². The Morgan fingerprint density at radius 3 is 3.00 bits per heavy atom. The van der Waals surface area contributed by atoms with Gasteiger partial charge in [-0.25, -0.2) is 4.98 Å². The Bertz CT molecular complexity index is 592. The summed E-state index contributed by atoms with van der Waals surface area (Å²) in [5.41, 5.74) is 7.74. The van der Waals surface area contributed by atoms with E-state index in [1.165, 1.54) is 0 Å². The standard InChI is InChI=1S/C15H21N3O2/c1-10(7-8-16)3-6-15(19)18-12-4-5-14-13(9-12)17-11(2)20-14/h4-5,9-10H,3,6-8,16H2,1-2H3,(H,18,19). The molecule has 1 unspecified atom stereocenters. The molecule has 0 saturated heterocycles. The Morgan fingerprint density at radius 1 is 1.45 bits per heavy atom. The molecule has 1 amide bonds. The third-order valence-corrected chi connectivity index (χ3v) is 3.30. The van der Waals surface area contributed by atoms with Crippen molar-refractivity contribution >= 4 is 22.7 Å². The third kappa shape index (κ3) is 3.81. The molecule has 20 heavy (non-hydrogen) atoms. The average molecular weight is 275 g/mol. The SMILES string of the molecule is Cc1nc2cc(NC(=O)CCC(C)CCN)ccc2o1. The summed E-state index contributed by atoms with van der Waals surface area (Å²) >= 11 is 0. The second kappa shape index (κ2) is 6.52. The topological polar surface area (TPSA) is 81.2 Å². The molecular formula is C15H21N3O2. The molecular weight excluding hydrogens is 254 g/mol. The van der Waals surface area contributed by atoms with E-state index in [1.807, 2.05) is 18.2 Å². The van der Waals surface area contributed by atoms with Gasteiger partial charge in [-0.3, -0.25) is 4.79 Å². The zero-order valence-corrected chi connectivity index (χ0v) is 12.0. The van der Waals surface area contributed by atoms with Crippen LogP contribution < -0.4 is 11.1 Å². The molecule has 0 aliphatic heterocycles. The van der Waals surface area contributed by atoms with Crippen molar-refractivity contribution in [1.29, 1.82) is 0 Å². The lowest BCUT2D eigenvalue weighted by atomic mass is 10.0. The first-order valence-electron chi connectivity index (χ1n) is 6.95. The van der Waals surface area contributed by atoms with Gasteiger partial charge in [0.2, 0.25) is 5.91 Å². The molecule has 1 heterocycles. The number of carbonyl (C=O) groups is 1. The summed E-state index contributed by atoms with van der Waals surface area (Å²) in [4.78, 5) is 16.1. The summed E-state index contributed by atoms with van der Waals surface area (Å²) in [5, 5.41) is 2.89. The van der Waals surface area contributed by atoms with E-state index >= 15 is 0 Å². The highest BCUT2D eigenvalue weighted by Crippen LogP contribution is 2.20. The van der Waals surface area contributed by atoms with Crippen molar-refractivity contribution in [3.8, 4) is 0 Å². The average Bonchev–Trinajstić information content (AvgIpc) is 2.76. The van der Waals surface area contributed by atoms with Crippen molar-refractivity contribution in [2.45, 2.75) is 33.1 Å². The Kier molecular flexibility index (Phi) is 4.74. The van der Waals surface area contributed by atoms with E-state index in [0.717, 1.165) is 29.6 Å². The van der Waals surface area contributed by atoms with E-state index in [1.54, 1.807) is 6.92 Å². The molecule has 5 heteroatoms. The van der Waals surface area contributed by atoms with E-state index < -0.39 is 0 Å². The minimum absolute atomic E-state index is 0.0217. The van der Waals surface area contributed by atoms with E-state index in [0.29, 0.717) is 24.8 Å². The number of oxazole rings is 1. The molecule has 1 aromatic heterocycles. The minimum Gasteiger partial charge on any atom is -0.441 e. The van der Waals surface area contributed by atoms with Crippen molar-refractivity contribution in [2.75, 3.05) is 11.9 Å². The fraction of sp³-hybridized carbons (Fsp3) is 0.467. The van der Waals surface area contributed by atoms with Crippen LogP contribution in [0, 0.1) is 12.8 Å². The fourth-order valence-corrected chi connectivity index (χ4v) is 2.15. The number of anilines is 1. The quantitative estimate of drug-likeness (QED) is 0.849. The van der Waals surface area contributed by atoms with Gasteiger partial charge in [0.25, 0.3) is 0 Å². The highest BCUT2D eigenvalue weighted by Gasteiger charge is 2.08. The Balaban J connectivity index is 1.92. The number of rotatable bonds is 6. The van der Waals surface area contributed by atoms with Crippen LogP contribution in [0.2, 0.25) is 0 Å². The normalized spacial score (nSPS) is 12.6. The molecule has 1 aromatic carbocycles. The zero-order chi connectivity index (χ0) is 14.5. The van der Waals surface area contributed by atoms with Gasteiger partial charge in [0.1, 0.15) is 5.52 Å². The van der Waals surface area contributed by atoms with Gasteiger partial charge in [-0.2, -0.15) is 0 Å². The van der Waals surface area contributed by atoms with Crippen LogP contribution in [-0.4, -0.2) is 17.4 Å². The minimum atomic E-state index is 0.0217. The second-order valence-electron chi connectivity index (χ2n) is 5.18. The maximum absolute atomic E-state index is 11.9.